The van der Waals surface area contributed by atoms with E-state index in [9.17, 15) is 4.79 Å². The van der Waals surface area contributed by atoms with Gasteiger partial charge >= 0.3 is 0 Å². The first-order chi connectivity index (χ1) is 15.3. The molecule has 1 aliphatic rings. The molecule has 0 spiro atoms. The number of nitrogens with one attached hydrogen (secondary N) is 1. The molecule has 0 radical (unpaired) electrons. The van der Waals surface area contributed by atoms with E-state index in [1.165, 1.54) is 36.6 Å². The highest BCUT2D eigenvalue weighted by Crippen LogP contribution is 2.32. The minimum Gasteiger partial charge on any atom is -0.482 e. The van der Waals surface area contributed by atoms with E-state index in [-0.39, 0.29) is 23.3 Å². The average molecular weight is 459 g/mol. The van der Waals surface area contributed by atoms with Gasteiger partial charge in [0.05, 0.1) is 5.25 Å². The van der Waals surface area contributed by atoms with Gasteiger partial charge in [0.2, 0.25) is 5.91 Å². The maximum Gasteiger partial charge on any atom is 0.233 e. The zero-order chi connectivity index (χ0) is 23.3. The maximum atomic E-state index is 12.8. The number of benzene rings is 1. The molecule has 1 amide bonds. The summed E-state index contributed by atoms with van der Waals surface area (Å²) in [6, 6.07) is 8.62. The number of amides is 1. The quantitative estimate of drug-likeness (QED) is 0.463. The second-order valence-corrected chi connectivity index (χ2v) is 10.7. The largest absolute Gasteiger partial charge is 0.482 e. The lowest BCUT2D eigenvalue weighted by Crippen LogP contribution is -2.40. The summed E-state index contributed by atoms with van der Waals surface area (Å²) in [5.74, 6) is 2.11. The number of nitrogens with zero attached hydrogens (tertiary/aromatic N) is 3. The zero-order valence-electron chi connectivity index (χ0n) is 20.3. The van der Waals surface area contributed by atoms with E-state index in [2.05, 4.69) is 53.8 Å². The van der Waals surface area contributed by atoms with Crippen LogP contribution in [0, 0.1) is 0 Å². The molecule has 2 atom stereocenters. The number of aromatic nitrogens is 3. The van der Waals surface area contributed by atoms with Crippen LogP contribution in [0.1, 0.15) is 103 Å². The van der Waals surface area contributed by atoms with E-state index < -0.39 is 0 Å². The fourth-order valence-electron chi connectivity index (χ4n) is 4.22. The molecule has 1 aliphatic carbocycles. The molecule has 2 aromatic rings. The van der Waals surface area contributed by atoms with Crippen LogP contribution in [0.15, 0.2) is 29.4 Å². The fourth-order valence-corrected chi connectivity index (χ4v) is 5.21. The lowest BCUT2D eigenvalue weighted by atomic mass is 9.95. The van der Waals surface area contributed by atoms with E-state index in [0.717, 1.165) is 29.6 Å². The van der Waals surface area contributed by atoms with Crippen molar-refractivity contribution >= 4 is 17.7 Å². The Balaban J connectivity index is 1.73. The number of thioether (sulfide) groups is 1. The summed E-state index contributed by atoms with van der Waals surface area (Å²) >= 11 is 1.47. The Morgan fingerprint density at radius 1 is 1.06 bits per heavy atom. The van der Waals surface area contributed by atoms with Gasteiger partial charge in [-0.1, -0.05) is 63.1 Å². The third kappa shape index (κ3) is 6.06. The zero-order valence-corrected chi connectivity index (χ0v) is 21.1. The first-order valence-electron chi connectivity index (χ1n) is 11.9. The van der Waals surface area contributed by atoms with Gasteiger partial charge < -0.3 is 14.6 Å². The van der Waals surface area contributed by atoms with E-state index in [1.54, 1.807) is 0 Å². The summed E-state index contributed by atoms with van der Waals surface area (Å²) in [6.45, 7) is 12.5. The Morgan fingerprint density at radius 2 is 1.75 bits per heavy atom. The van der Waals surface area contributed by atoms with Gasteiger partial charge in [0.1, 0.15) is 5.75 Å². The molecule has 2 unspecified atom stereocenters. The molecule has 1 aromatic heterocycles. The van der Waals surface area contributed by atoms with E-state index in [1.807, 2.05) is 32.0 Å². The molecular formula is C25H38N4O2S. The van der Waals surface area contributed by atoms with Gasteiger partial charge in [0.25, 0.3) is 0 Å². The molecule has 176 valence electrons. The monoisotopic (exact) mass is 458 g/mol. The van der Waals surface area contributed by atoms with Gasteiger partial charge in [-0.15, -0.1) is 10.2 Å². The second-order valence-electron chi connectivity index (χ2n) is 9.36. The molecule has 7 heteroatoms. The summed E-state index contributed by atoms with van der Waals surface area (Å²) in [5.41, 5.74) is 1.18. The summed E-state index contributed by atoms with van der Waals surface area (Å²) in [5, 5.41) is 12.7. The number of carbonyl (C=O) groups excluding carboxylic acids is 1. The molecule has 1 heterocycles. The molecule has 1 N–H and O–H groups in total. The van der Waals surface area contributed by atoms with Crippen molar-refractivity contribution in [2.45, 2.75) is 108 Å². The van der Waals surface area contributed by atoms with Crippen molar-refractivity contribution < 1.29 is 9.53 Å². The second kappa shape index (κ2) is 11.2. The lowest BCUT2D eigenvalue weighted by Gasteiger charge is -2.24. The first-order valence-corrected chi connectivity index (χ1v) is 12.8. The fraction of sp³-hybridized carbons (Fsp3) is 0.640. The van der Waals surface area contributed by atoms with Crippen LogP contribution in [0.3, 0.4) is 0 Å². The van der Waals surface area contributed by atoms with Crippen molar-refractivity contribution in [2.24, 2.45) is 0 Å². The molecule has 0 saturated heterocycles. The molecule has 6 nitrogen and oxygen atoms in total. The highest BCUT2D eigenvalue weighted by atomic mass is 32.2. The number of ether oxygens (including phenoxy) is 1. The molecular weight excluding hydrogens is 420 g/mol. The number of para-hydroxylation sites is 1. The van der Waals surface area contributed by atoms with Crippen LogP contribution in [0.5, 0.6) is 5.75 Å². The number of hydrogen-bond acceptors (Lipinski definition) is 5. The highest BCUT2D eigenvalue weighted by Gasteiger charge is 2.26. The van der Waals surface area contributed by atoms with Gasteiger partial charge in [-0.3, -0.25) is 4.79 Å². The predicted octanol–water partition coefficient (Wildman–Crippen LogP) is 6.05. The predicted molar refractivity (Wildman–Crippen MR) is 130 cm³/mol. The van der Waals surface area contributed by atoms with Crippen molar-refractivity contribution in [2.75, 3.05) is 0 Å². The van der Waals surface area contributed by atoms with E-state index in [4.69, 9.17) is 4.74 Å². The van der Waals surface area contributed by atoms with Gasteiger partial charge in [-0.05, 0) is 58.1 Å². The lowest BCUT2D eigenvalue weighted by molar-refractivity contribution is -0.121. The molecule has 0 bridgehead atoms. The minimum atomic E-state index is -0.259. The van der Waals surface area contributed by atoms with Crippen LogP contribution in [0.4, 0.5) is 0 Å². The van der Waals surface area contributed by atoms with Crippen molar-refractivity contribution in [1.29, 1.82) is 0 Å². The highest BCUT2D eigenvalue weighted by molar-refractivity contribution is 8.00. The van der Waals surface area contributed by atoms with Crippen molar-refractivity contribution in [3.8, 4) is 5.75 Å². The molecule has 0 aliphatic heterocycles. The third-order valence-electron chi connectivity index (χ3n) is 6.02. The molecule has 1 fully saturated rings. The topological polar surface area (TPSA) is 69.0 Å². The number of hydrogen-bond donors (Lipinski definition) is 1. The average Bonchev–Trinajstić information content (AvgIpc) is 3.18. The van der Waals surface area contributed by atoms with Gasteiger partial charge in [0.15, 0.2) is 17.1 Å². The number of carbonyl (C=O) groups is 1. The Labute approximate surface area is 196 Å². The van der Waals surface area contributed by atoms with E-state index >= 15 is 0 Å². The molecule has 32 heavy (non-hydrogen) atoms. The van der Waals surface area contributed by atoms with Crippen molar-refractivity contribution in [1.82, 2.24) is 20.1 Å². The SMILES string of the molecule is CC(Sc1nnc(C(C)Oc2ccccc2C(C)C)n1C(C)C)C(=O)NC1CCCCC1. The van der Waals surface area contributed by atoms with E-state index in [0.29, 0.717) is 12.0 Å². The summed E-state index contributed by atoms with van der Waals surface area (Å²) in [7, 11) is 0. The van der Waals surface area contributed by atoms with Crippen LogP contribution < -0.4 is 10.1 Å². The maximum absolute atomic E-state index is 12.8. The van der Waals surface area contributed by atoms with Crippen LogP contribution in [0.2, 0.25) is 0 Å². The van der Waals surface area contributed by atoms with Crippen molar-refractivity contribution in [3.63, 3.8) is 0 Å². The van der Waals surface area contributed by atoms with Gasteiger partial charge in [-0.25, -0.2) is 0 Å². The standard InChI is InChI=1S/C25H38N4O2S/c1-16(2)21-14-10-11-15-22(21)31-18(5)23-27-28-25(29(23)17(3)4)32-19(6)24(30)26-20-12-8-7-9-13-20/h10-11,14-20H,7-9,12-13H2,1-6H3,(H,26,30). The van der Waals surface area contributed by atoms with Crippen LogP contribution in [0.25, 0.3) is 0 Å². The summed E-state index contributed by atoms with van der Waals surface area (Å²) in [6.07, 6.45) is 5.60. The first kappa shape index (κ1) is 24.6. The molecule has 1 aromatic carbocycles. The Bertz CT molecular complexity index is 890. The van der Waals surface area contributed by atoms with Crippen LogP contribution in [-0.2, 0) is 4.79 Å². The Morgan fingerprint density at radius 3 is 2.41 bits per heavy atom. The smallest absolute Gasteiger partial charge is 0.233 e. The van der Waals surface area contributed by atoms with Gasteiger partial charge in [0, 0.05) is 12.1 Å². The normalized spacial score (nSPS) is 16.9. The van der Waals surface area contributed by atoms with Crippen LogP contribution in [-0.4, -0.2) is 32.0 Å². The van der Waals surface area contributed by atoms with Crippen molar-refractivity contribution in [3.05, 3.63) is 35.7 Å². The molecule has 3 rings (SSSR count). The summed E-state index contributed by atoms with van der Waals surface area (Å²) < 4.78 is 8.43. The van der Waals surface area contributed by atoms with Gasteiger partial charge in [-0.2, -0.15) is 0 Å². The Kier molecular flexibility index (Phi) is 8.63. The molecule has 1 saturated carbocycles. The number of rotatable bonds is 9. The Hall–Kier alpha value is -2.02. The summed E-state index contributed by atoms with van der Waals surface area (Å²) in [4.78, 5) is 12.8. The third-order valence-corrected chi connectivity index (χ3v) is 7.08. The van der Waals surface area contributed by atoms with Crippen LogP contribution >= 0.6 is 11.8 Å². The minimum absolute atomic E-state index is 0.0805.